The van der Waals surface area contributed by atoms with E-state index in [1.807, 2.05) is 24.3 Å². The second-order valence-corrected chi connectivity index (χ2v) is 5.90. The van der Waals surface area contributed by atoms with Gasteiger partial charge in [0.2, 0.25) is 0 Å². The summed E-state index contributed by atoms with van der Waals surface area (Å²) >= 11 is 1.48. The van der Waals surface area contributed by atoms with Crippen molar-refractivity contribution in [1.82, 2.24) is 9.88 Å². The molecule has 1 amide bonds. The van der Waals surface area contributed by atoms with Crippen LogP contribution in [-0.4, -0.2) is 43.0 Å². The standard InChI is InChI=1S/C16H21N3O2S/c1-19(10-8-12-5-3-4-6-14(12)21-2)16(20)13-11-22-15(18-13)7-9-17/h3-6,11H,7-10,17H2,1-2H3. The highest BCUT2D eigenvalue weighted by atomic mass is 32.1. The SMILES string of the molecule is COc1ccccc1CCN(C)C(=O)c1csc(CCN)n1. The van der Waals surface area contributed by atoms with Crippen molar-refractivity contribution in [2.45, 2.75) is 12.8 Å². The van der Waals surface area contributed by atoms with Crippen LogP contribution in [0, 0.1) is 0 Å². The molecule has 0 unspecified atom stereocenters. The van der Waals surface area contributed by atoms with Crippen LogP contribution in [0.4, 0.5) is 0 Å². The van der Waals surface area contributed by atoms with E-state index < -0.39 is 0 Å². The topological polar surface area (TPSA) is 68.5 Å². The van der Waals surface area contributed by atoms with E-state index in [-0.39, 0.29) is 5.91 Å². The second kappa shape index (κ2) is 7.91. The number of hydrogen-bond acceptors (Lipinski definition) is 5. The van der Waals surface area contributed by atoms with Gasteiger partial charge in [-0.2, -0.15) is 0 Å². The lowest BCUT2D eigenvalue weighted by molar-refractivity contribution is 0.0791. The van der Waals surface area contributed by atoms with Crippen molar-refractivity contribution in [3.8, 4) is 5.75 Å². The number of carbonyl (C=O) groups is 1. The number of para-hydroxylation sites is 1. The van der Waals surface area contributed by atoms with E-state index in [9.17, 15) is 4.79 Å². The number of nitrogens with two attached hydrogens (primary N) is 1. The minimum atomic E-state index is -0.0607. The van der Waals surface area contributed by atoms with E-state index in [4.69, 9.17) is 10.5 Å². The number of nitrogens with zero attached hydrogens (tertiary/aromatic N) is 2. The first-order valence-corrected chi connectivity index (χ1v) is 8.05. The number of likely N-dealkylation sites (N-methyl/N-ethyl adjacent to an activating group) is 1. The Kier molecular flexibility index (Phi) is 5.91. The number of methoxy groups -OCH3 is 1. The van der Waals surface area contributed by atoms with Gasteiger partial charge in [-0.05, 0) is 24.6 Å². The van der Waals surface area contributed by atoms with E-state index in [2.05, 4.69) is 4.98 Å². The largest absolute Gasteiger partial charge is 0.496 e. The molecule has 5 nitrogen and oxygen atoms in total. The summed E-state index contributed by atoms with van der Waals surface area (Å²) in [5, 5.41) is 2.71. The minimum absolute atomic E-state index is 0.0607. The molecule has 0 radical (unpaired) electrons. The van der Waals surface area contributed by atoms with Gasteiger partial charge in [-0.3, -0.25) is 4.79 Å². The lowest BCUT2D eigenvalue weighted by Crippen LogP contribution is -2.29. The molecule has 0 fully saturated rings. The number of hydrogen-bond donors (Lipinski definition) is 1. The molecule has 0 atom stereocenters. The van der Waals surface area contributed by atoms with Crippen molar-refractivity contribution >= 4 is 17.2 Å². The highest BCUT2D eigenvalue weighted by molar-refractivity contribution is 7.09. The molecular formula is C16H21N3O2S. The second-order valence-electron chi connectivity index (χ2n) is 4.95. The van der Waals surface area contributed by atoms with Crippen LogP contribution in [0.2, 0.25) is 0 Å². The third kappa shape index (κ3) is 4.05. The van der Waals surface area contributed by atoms with Gasteiger partial charge in [0.15, 0.2) is 0 Å². The minimum Gasteiger partial charge on any atom is -0.496 e. The molecule has 1 heterocycles. The van der Waals surface area contributed by atoms with Crippen LogP contribution >= 0.6 is 11.3 Å². The molecule has 0 spiro atoms. The molecule has 0 aliphatic rings. The van der Waals surface area contributed by atoms with Crippen LogP contribution in [-0.2, 0) is 12.8 Å². The fraction of sp³-hybridized carbons (Fsp3) is 0.375. The molecule has 0 saturated heterocycles. The highest BCUT2D eigenvalue weighted by Gasteiger charge is 2.15. The number of amides is 1. The lowest BCUT2D eigenvalue weighted by atomic mass is 10.1. The molecule has 0 bridgehead atoms. The zero-order valence-electron chi connectivity index (χ0n) is 12.9. The molecule has 0 aliphatic heterocycles. The molecule has 118 valence electrons. The van der Waals surface area contributed by atoms with Crippen LogP contribution in [0.15, 0.2) is 29.6 Å². The third-order valence-electron chi connectivity index (χ3n) is 3.38. The van der Waals surface area contributed by atoms with Gasteiger partial charge in [0.25, 0.3) is 5.91 Å². The van der Waals surface area contributed by atoms with Gasteiger partial charge in [0.1, 0.15) is 11.4 Å². The predicted molar refractivity (Wildman–Crippen MR) is 88.5 cm³/mol. The van der Waals surface area contributed by atoms with Crippen LogP contribution in [0.1, 0.15) is 21.1 Å². The monoisotopic (exact) mass is 319 g/mol. The molecule has 1 aromatic heterocycles. The quantitative estimate of drug-likeness (QED) is 0.847. The van der Waals surface area contributed by atoms with Gasteiger partial charge < -0.3 is 15.4 Å². The Hall–Kier alpha value is -1.92. The molecule has 2 rings (SSSR count). The Labute approximate surface area is 134 Å². The first kappa shape index (κ1) is 16.5. The van der Waals surface area contributed by atoms with E-state index in [1.165, 1.54) is 11.3 Å². The van der Waals surface area contributed by atoms with Crippen LogP contribution < -0.4 is 10.5 Å². The van der Waals surface area contributed by atoms with Gasteiger partial charge in [0, 0.05) is 25.4 Å². The summed E-state index contributed by atoms with van der Waals surface area (Å²) in [5.41, 5.74) is 7.09. The fourth-order valence-electron chi connectivity index (χ4n) is 2.14. The summed E-state index contributed by atoms with van der Waals surface area (Å²) < 4.78 is 5.33. The molecule has 6 heteroatoms. The molecule has 2 N–H and O–H groups in total. The van der Waals surface area contributed by atoms with Crippen LogP contribution in [0.25, 0.3) is 0 Å². The Balaban J connectivity index is 1.96. The summed E-state index contributed by atoms with van der Waals surface area (Å²) in [5.74, 6) is 0.789. The maximum absolute atomic E-state index is 12.3. The van der Waals surface area contributed by atoms with Gasteiger partial charge in [-0.1, -0.05) is 18.2 Å². The summed E-state index contributed by atoms with van der Waals surface area (Å²) in [4.78, 5) is 18.4. The Morgan fingerprint density at radius 3 is 2.86 bits per heavy atom. The molecular weight excluding hydrogens is 298 g/mol. The first-order valence-electron chi connectivity index (χ1n) is 7.17. The molecule has 2 aromatic rings. The zero-order valence-corrected chi connectivity index (χ0v) is 13.7. The van der Waals surface area contributed by atoms with Crippen molar-refractivity contribution in [2.24, 2.45) is 5.73 Å². The number of carbonyl (C=O) groups excluding carboxylic acids is 1. The Bertz CT molecular complexity index is 627. The van der Waals surface area contributed by atoms with Crippen LogP contribution in [0.5, 0.6) is 5.75 Å². The summed E-state index contributed by atoms with van der Waals surface area (Å²) in [6, 6.07) is 7.85. The predicted octanol–water partition coefficient (Wildman–Crippen LogP) is 1.97. The zero-order chi connectivity index (χ0) is 15.9. The van der Waals surface area contributed by atoms with Crippen LogP contribution in [0.3, 0.4) is 0 Å². The Morgan fingerprint density at radius 1 is 1.36 bits per heavy atom. The average molecular weight is 319 g/mol. The van der Waals surface area contributed by atoms with Crippen molar-refractivity contribution in [3.63, 3.8) is 0 Å². The fourth-order valence-corrected chi connectivity index (χ4v) is 2.93. The van der Waals surface area contributed by atoms with E-state index in [0.29, 0.717) is 25.2 Å². The maximum atomic E-state index is 12.3. The molecule has 22 heavy (non-hydrogen) atoms. The lowest BCUT2D eigenvalue weighted by Gasteiger charge is -2.16. The van der Waals surface area contributed by atoms with Crippen molar-refractivity contribution in [3.05, 3.63) is 45.9 Å². The number of ether oxygens (including phenoxy) is 1. The van der Waals surface area contributed by atoms with Gasteiger partial charge in [-0.25, -0.2) is 4.98 Å². The average Bonchev–Trinajstić information content (AvgIpc) is 3.01. The summed E-state index contributed by atoms with van der Waals surface area (Å²) in [6.07, 6.45) is 1.45. The molecule has 1 aromatic carbocycles. The van der Waals surface area contributed by atoms with Gasteiger partial charge >= 0.3 is 0 Å². The third-order valence-corrected chi connectivity index (χ3v) is 4.29. The number of rotatable bonds is 7. The van der Waals surface area contributed by atoms with Gasteiger partial charge in [-0.15, -0.1) is 11.3 Å². The summed E-state index contributed by atoms with van der Waals surface area (Å²) in [6.45, 7) is 1.16. The van der Waals surface area contributed by atoms with Crippen molar-refractivity contribution in [2.75, 3.05) is 27.2 Å². The number of aromatic nitrogens is 1. The normalized spacial score (nSPS) is 10.5. The molecule has 0 saturated carbocycles. The Morgan fingerprint density at radius 2 is 2.14 bits per heavy atom. The number of benzene rings is 1. The smallest absolute Gasteiger partial charge is 0.273 e. The number of thiazole rings is 1. The molecule has 0 aliphatic carbocycles. The highest BCUT2D eigenvalue weighted by Crippen LogP contribution is 2.18. The maximum Gasteiger partial charge on any atom is 0.273 e. The van der Waals surface area contributed by atoms with E-state index in [1.54, 1.807) is 24.4 Å². The van der Waals surface area contributed by atoms with Gasteiger partial charge in [0.05, 0.1) is 12.1 Å². The van der Waals surface area contributed by atoms with E-state index in [0.717, 1.165) is 22.7 Å². The first-order chi connectivity index (χ1) is 10.7. The van der Waals surface area contributed by atoms with Crippen molar-refractivity contribution in [1.29, 1.82) is 0 Å². The van der Waals surface area contributed by atoms with Crippen molar-refractivity contribution < 1.29 is 9.53 Å². The van der Waals surface area contributed by atoms with E-state index >= 15 is 0 Å². The summed E-state index contributed by atoms with van der Waals surface area (Å²) in [7, 11) is 3.45.